The molecule has 1 aromatic carbocycles. The molecule has 1 N–H and O–H groups in total. The maximum absolute atomic E-state index is 13.3. The number of aromatic nitrogens is 1. The van der Waals surface area contributed by atoms with Crippen molar-refractivity contribution in [2.24, 2.45) is 0 Å². The van der Waals surface area contributed by atoms with Crippen LogP contribution in [0, 0.1) is 17.5 Å². The molecule has 0 bridgehead atoms. The summed E-state index contributed by atoms with van der Waals surface area (Å²) >= 11 is 1.30. The first-order valence-electron chi connectivity index (χ1n) is 4.78. The highest BCUT2D eigenvalue weighted by molar-refractivity contribution is 7.09. The van der Waals surface area contributed by atoms with Crippen LogP contribution < -0.4 is 0 Å². The van der Waals surface area contributed by atoms with Gasteiger partial charge in [-0.15, -0.1) is 11.3 Å². The summed E-state index contributed by atoms with van der Waals surface area (Å²) in [4.78, 5) is 4.54. The summed E-state index contributed by atoms with van der Waals surface area (Å²) in [7, 11) is 0. The second kappa shape index (κ2) is 4.85. The maximum atomic E-state index is 13.3. The second-order valence-corrected chi connectivity index (χ2v) is 4.45. The molecule has 90 valence electrons. The highest BCUT2D eigenvalue weighted by atomic mass is 32.1. The van der Waals surface area contributed by atoms with Gasteiger partial charge in [0.25, 0.3) is 0 Å². The number of halogens is 3. The number of aliphatic hydroxyl groups excluding tert-OH is 1. The summed E-state index contributed by atoms with van der Waals surface area (Å²) in [6.45, 7) is 0. The molecule has 0 fully saturated rings. The molecule has 1 atom stereocenters. The molecular formula is C11H8F3NOS. The Morgan fingerprint density at radius 1 is 1.18 bits per heavy atom. The van der Waals surface area contributed by atoms with E-state index in [4.69, 9.17) is 0 Å². The van der Waals surface area contributed by atoms with Gasteiger partial charge in [0.2, 0.25) is 0 Å². The van der Waals surface area contributed by atoms with E-state index in [1.165, 1.54) is 17.5 Å². The van der Waals surface area contributed by atoms with Crippen molar-refractivity contribution in [3.05, 3.63) is 51.7 Å². The first-order chi connectivity index (χ1) is 8.08. The Bertz CT molecular complexity index is 516. The zero-order valence-electron chi connectivity index (χ0n) is 8.53. The molecule has 0 saturated heterocycles. The highest BCUT2D eigenvalue weighted by Gasteiger charge is 2.17. The molecule has 6 heteroatoms. The van der Waals surface area contributed by atoms with Crippen molar-refractivity contribution in [3.8, 4) is 0 Å². The SMILES string of the molecule is OC(Cc1cncs1)c1cc(F)c(F)cc1F. The minimum atomic E-state index is -1.27. The van der Waals surface area contributed by atoms with E-state index in [0.29, 0.717) is 12.1 Å². The topological polar surface area (TPSA) is 33.1 Å². The van der Waals surface area contributed by atoms with Gasteiger partial charge < -0.3 is 5.11 Å². The monoisotopic (exact) mass is 259 g/mol. The Morgan fingerprint density at radius 3 is 2.53 bits per heavy atom. The standard InChI is InChI=1S/C11H8F3NOS/c12-8-3-10(14)9(13)2-7(8)11(16)1-6-4-15-5-17-6/h2-5,11,16H,1H2. The molecular weight excluding hydrogens is 251 g/mol. The van der Waals surface area contributed by atoms with E-state index in [2.05, 4.69) is 4.98 Å². The predicted octanol–water partition coefficient (Wildman–Crippen LogP) is 2.84. The van der Waals surface area contributed by atoms with Crippen molar-refractivity contribution >= 4 is 11.3 Å². The van der Waals surface area contributed by atoms with E-state index in [9.17, 15) is 18.3 Å². The highest BCUT2D eigenvalue weighted by Crippen LogP contribution is 2.24. The third-order valence-corrected chi connectivity index (χ3v) is 3.08. The first kappa shape index (κ1) is 12.1. The maximum Gasteiger partial charge on any atom is 0.161 e. The van der Waals surface area contributed by atoms with Crippen LogP contribution >= 0.6 is 11.3 Å². The third-order valence-electron chi connectivity index (χ3n) is 2.28. The molecule has 1 aromatic heterocycles. The van der Waals surface area contributed by atoms with Crippen LogP contribution in [0.25, 0.3) is 0 Å². The van der Waals surface area contributed by atoms with Crippen LogP contribution in [-0.4, -0.2) is 10.1 Å². The smallest absolute Gasteiger partial charge is 0.161 e. The van der Waals surface area contributed by atoms with E-state index >= 15 is 0 Å². The molecule has 0 saturated carbocycles. The van der Waals surface area contributed by atoms with Crippen LogP contribution in [0.3, 0.4) is 0 Å². The lowest BCUT2D eigenvalue weighted by molar-refractivity contribution is 0.173. The number of aliphatic hydroxyl groups is 1. The number of hydrogen-bond donors (Lipinski definition) is 1. The second-order valence-electron chi connectivity index (χ2n) is 3.48. The number of rotatable bonds is 3. The van der Waals surface area contributed by atoms with Gasteiger partial charge in [-0.1, -0.05) is 0 Å². The first-order valence-corrected chi connectivity index (χ1v) is 5.65. The zero-order chi connectivity index (χ0) is 12.4. The van der Waals surface area contributed by atoms with E-state index in [1.807, 2.05) is 0 Å². The van der Waals surface area contributed by atoms with Crippen molar-refractivity contribution in [1.29, 1.82) is 0 Å². The van der Waals surface area contributed by atoms with Gasteiger partial charge in [0.05, 0.1) is 11.6 Å². The molecule has 17 heavy (non-hydrogen) atoms. The molecule has 1 unspecified atom stereocenters. The van der Waals surface area contributed by atoms with Crippen molar-refractivity contribution in [1.82, 2.24) is 4.98 Å². The van der Waals surface area contributed by atoms with Gasteiger partial charge in [-0.3, -0.25) is 4.98 Å². The average Bonchev–Trinajstić information content (AvgIpc) is 2.76. The molecule has 2 nitrogen and oxygen atoms in total. The molecule has 0 aliphatic carbocycles. The lowest BCUT2D eigenvalue weighted by Gasteiger charge is -2.11. The third kappa shape index (κ3) is 2.65. The average molecular weight is 259 g/mol. The van der Waals surface area contributed by atoms with Gasteiger partial charge in [0.1, 0.15) is 5.82 Å². The summed E-state index contributed by atoms with van der Waals surface area (Å²) in [6.07, 6.45) is 0.434. The van der Waals surface area contributed by atoms with Gasteiger partial charge in [0, 0.05) is 29.1 Å². The minimum Gasteiger partial charge on any atom is -0.388 e. The van der Waals surface area contributed by atoms with E-state index in [1.54, 1.807) is 5.51 Å². The molecule has 2 rings (SSSR count). The van der Waals surface area contributed by atoms with Crippen molar-refractivity contribution < 1.29 is 18.3 Å². The Hall–Kier alpha value is -1.40. The van der Waals surface area contributed by atoms with Gasteiger partial charge in [-0.25, -0.2) is 13.2 Å². The number of thiazole rings is 1. The summed E-state index contributed by atoms with van der Waals surface area (Å²) < 4.78 is 39.0. The number of hydrogen-bond acceptors (Lipinski definition) is 3. The van der Waals surface area contributed by atoms with Crippen LogP contribution in [0.1, 0.15) is 16.5 Å². The van der Waals surface area contributed by atoms with E-state index < -0.39 is 23.6 Å². The zero-order valence-corrected chi connectivity index (χ0v) is 9.35. The Kier molecular flexibility index (Phi) is 3.44. The van der Waals surface area contributed by atoms with Gasteiger partial charge in [-0.2, -0.15) is 0 Å². The fourth-order valence-corrected chi connectivity index (χ4v) is 2.07. The quantitative estimate of drug-likeness (QED) is 0.860. The van der Waals surface area contributed by atoms with Gasteiger partial charge in [-0.05, 0) is 6.07 Å². The summed E-state index contributed by atoms with van der Waals surface area (Å²) in [5.41, 5.74) is 1.32. The van der Waals surface area contributed by atoms with Crippen LogP contribution in [0.4, 0.5) is 13.2 Å². The lowest BCUT2D eigenvalue weighted by atomic mass is 10.1. The van der Waals surface area contributed by atoms with Gasteiger partial charge in [0.15, 0.2) is 11.6 Å². The summed E-state index contributed by atoms with van der Waals surface area (Å²) in [5.74, 6) is -3.40. The summed E-state index contributed by atoms with van der Waals surface area (Å²) in [6, 6.07) is 1.11. The lowest BCUT2D eigenvalue weighted by Crippen LogP contribution is -2.05. The Labute approximate surface area is 99.4 Å². The predicted molar refractivity (Wildman–Crippen MR) is 57.1 cm³/mol. The molecule has 0 spiro atoms. The van der Waals surface area contributed by atoms with Crippen LogP contribution in [0.2, 0.25) is 0 Å². The molecule has 0 amide bonds. The molecule has 2 aromatic rings. The molecule has 0 aliphatic rings. The van der Waals surface area contributed by atoms with Gasteiger partial charge >= 0.3 is 0 Å². The van der Waals surface area contributed by atoms with Crippen LogP contribution in [-0.2, 0) is 6.42 Å². The normalized spacial score (nSPS) is 12.7. The van der Waals surface area contributed by atoms with Crippen molar-refractivity contribution in [2.45, 2.75) is 12.5 Å². The van der Waals surface area contributed by atoms with Crippen molar-refractivity contribution in [2.75, 3.05) is 0 Å². The van der Waals surface area contributed by atoms with Crippen LogP contribution in [0.5, 0.6) is 0 Å². The molecule has 0 radical (unpaired) electrons. The minimum absolute atomic E-state index is 0.118. The fraction of sp³-hybridized carbons (Fsp3) is 0.182. The number of nitrogens with zero attached hydrogens (tertiary/aromatic N) is 1. The van der Waals surface area contributed by atoms with Crippen LogP contribution in [0.15, 0.2) is 23.8 Å². The Morgan fingerprint density at radius 2 is 1.88 bits per heavy atom. The molecule has 0 aliphatic heterocycles. The van der Waals surface area contributed by atoms with Crippen molar-refractivity contribution in [3.63, 3.8) is 0 Å². The largest absolute Gasteiger partial charge is 0.388 e. The number of benzene rings is 1. The van der Waals surface area contributed by atoms with E-state index in [-0.39, 0.29) is 12.0 Å². The Balaban J connectivity index is 2.24. The van der Waals surface area contributed by atoms with E-state index in [0.717, 1.165) is 4.88 Å². The fourth-order valence-electron chi connectivity index (χ4n) is 1.44. The summed E-state index contributed by atoms with van der Waals surface area (Å²) in [5, 5.41) is 9.74. The molecule has 1 heterocycles.